The number of carbonyl (C=O) groups is 1. The Hall–Kier alpha value is -1.79. The normalized spacial score (nSPS) is 12.6. The van der Waals surface area contributed by atoms with Crippen molar-refractivity contribution in [2.45, 2.75) is 33.2 Å². The first-order valence-corrected chi connectivity index (χ1v) is 8.43. The number of anilines is 1. The van der Waals surface area contributed by atoms with Gasteiger partial charge in [-0.3, -0.25) is 9.79 Å². The highest BCUT2D eigenvalue weighted by Crippen LogP contribution is 2.22. The van der Waals surface area contributed by atoms with Gasteiger partial charge in [0.05, 0.1) is 23.9 Å². The highest BCUT2D eigenvalue weighted by Gasteiger charge is 2.07. The van der Waals surface area contributed by atoms with Gasteiger partial charge in [0.15, 0.2) is 5.96 Å². The summed E-state index contributed by atoms with van der Waals surface area (Å²) in [6.45, 7) is 7.65. The molecule has 7 heteroatoms. The van der Waals surface area contributed by atoms with Gasteiger partial charge in [0.1, 0.15) is 0 Å². The number of benzene rings is 1. The molecule has 0 radical (unpaired) electrons. The van der Waals surface area contributed by atoms with Gasteiger partial charge in [0.25, 0.3) is 0 Å². The van der Waals surface area contributed by atoms with Crippen molar-refractivity contribution in [2.24, 2.45) is 4.99 Å². The third kappa shape index (κ3) is 7.66. The number of nitrogens with zero attached hydrogens (tertiary/aromatic N) is 1. The van der Waals surface area contributed by atoms with Crippen LogP contribution in [-0.2, 0) is 9.53 Å². The summed E-state index contributed by atoms with van der Waals surface area (Å²) in [5, 5.41) is 9.70. The maximum atomic E-state index is 12.0. The van der Waals surface area contributed by atoms with E-state index in [9.17, 15) is 4.79 Å². The molecule has 0 aromatic heterocycles. The summed E-state index contributed by atoms with van der Waals surface area (Å²) >= 11 is 6.11. The van der Waals surface area contributed by atoms with E-state index in [4.69, 9.17) is 16.3 Å². The van der Waals surface area contributed by atoms with Gasteiger partial charge in [-0.25, -0.2) is 0 Å². The van der Waals surface area contributed by atoms with Crippen molar-refractivity contribution >= 4 is 29.2 Å². The molecule has 24 heavy (non-hydrogen) atoms. The monoisotopic (exact) mass is 354 g/mol. The molecule has 0 heterocycles. The molecule has 0 spiro atoms. The number of guanidine groups is 1. The molecule has 1 atom stereocenters. The molecule has 1 aromatic carbocycles. The minimum atomic E-state index is -0.120. The van der Waals surface area contributed by atoms with Crippen LogP contribution in [0.2, 0.25) is 5.02 Å². The number of hydrogen-bond donors (Lipinski definition) is 3. The number of halogens is 1. The average molecular weight is 355 g/mol. The fraction of sp³-hybridized carbons (Fsp3) is 0.529. The number of hydrogen-bond acceptors (Lipinski definition) is 3. The number of aliphatic imine (C=N–C) groups is 1. The largest absolute Gasteiger partial charge is 0.383 e. The lowest BCUT2D eigenvalue weighted by Gasteiger charge is -2.16. The Kier molecular flexibility index (Phi) is 9.19. The number of carbonyl (C=O) groups excluding carboxylic acids is 1. The number of aryl methyl sites for hydroxylation is 1. The summed E-state index contributed by atoms with van der Waals surface area (Å²) in [5.74, 6) is 0.550. The Morgan fingerprint density at radius 2 is 2.17 bits per heavy atom. The van der Waals surface area contributed by atoms with Crippen LogP contribution in [0.4, 0.5) is 5.69 Å². The quantitative estimate of drug-likeness (QED) is 0.495. The zero-order valence-corrected chi connectivity index (χ0v) is 15.5. The zero-order chi connectivity index (χ0) is 17.9. The van der Waals surface area contributed by atoms with Crippen molar-refractivity contribution < 1.29 is 9.53 Å². The van der Waals surface area contributed by atoms with Gasteiger partial charge in [-0.15, -0.1) is 0 Å². The fourth-order valence-corrected chi connectivity index (χ4v) is 2.33. The van der Waals surface area contributed by atoms with Gasteiger partial charge in [0.2, 0.25) is 5.91 Å². The molecule has 0 aliphatic heterocycles. The summed E-state index contributed by atoms with van der Waals surface area (Å²) in [6, 6.07) is 5.66. The Bertz CT molecular complexity index is 564. The van der Waals surface area contributed by atoms with Gasteiger partial charge in [0, 0.05) is 26.1 Å². The second-order valence-electron chi connectivity index (χ2n) is 5.54. The highest BCUT2D eigenvalue weighted by molar-refractivity contribution is 6.33. The molecular formula is C17H27ClN4O2. The predicted octanol–water partition coefficient (Wildman–Crippen LogP) is 2.57. The van der Waals surface area contributed by atoms with Crippen LogP contribution >= 0.6 is 11.6 Å². The molecule has 0 bridgehead atoms. The van der Waals surface area contributed by atoms with Crippen LogP contribution in [0.5, 0.6) is 0 Å². The van der Waals surface area contributed by atoms with E-state index < -0.39 is 0 Å². The van der Waals surface area contributed by atoms with E-state index in [1.54, 1.807) is 13.2 Å². The summed E-state index contributed by atoms with van der Waals surface area (Å²) in [5.41, 5.74) is 1.67. The first-order valence-electron chi connectivity index (χ1n) is 8.06. The molecule has 3 N–H and O–H groups in total. The number of amides is 1. The number of ether oxygens (including phenoxy) is 1. The number of methoxy groups -OCH3 is 1. The molecule has 0 saturated carbocycles. The Balaban J connectivity index is 2.50. The smallest absolute Gasteiger partial charge is 0.226 e. The van der Waals surface area contributed by atoms with Crippen LogP contribution in [0.15, 0.2) is 23.2 Å². The summed E-state index contributed by atoms with van der Waals surface area (Å²) < 4.78 is 5.09. The molecule has 6 nitrogen and oxygen atoms in total. The molecule has 1 aromatic rings. The van der Waals surface area contributed by atoms with Crippen molar-refractivity contribution in [3.8, 4) is 0 Å². The first-order chi connectivity index (χ1) is 11.5. The lowest BCUT2D eigenvalue weighted by Crippen LogP contribution is -2.44. The van der Waals surface area contributed by atoms with Crippen molar-refractivity contribution in [2.75, 3.05) is 32.1 Å². The second kappa shape index (κ2) is 10.9. The number of nitrogens with one attached hydrogen (secondary N) is 3. The van der Waals surface area contributed by atoms with Gasteiger partial charge in [-0.2, -0.15) is 0 Å². The van der Waals surface area contributed by atoms with Crippen LogP contribution in [0, 0.1) is 6.92 Å². The van der Waals surface area contributed by atoms with Crippen LogP contribution in [0.3, 0.4) is 0 Å². The third-order valence-electron chi connectivity index (χ3n) is 3.15. The molecule has 0 saturated heterocycles. The van der Waals surface area contributed by atoms with E-state index in [0.717, 1.165) is 12.1 Å². The standard InChI is InChI=1S/C17H27ClN4O2/c1-5-19-17(21-13(3)11-24-4)20-9-8-16(23)22-15-7-6-12(2)10-14(15)18/h6-7,10,13H,5,8-9,11H2,1-4H3,(H,22,23)(H2,19,20,21). The molecule has 1 amide bonds. The van der Waals surface area contributed by atoms with E-state index in [0.29, 0.717) is 29.8 Å². The topological polar surface area (TPSA) is 74.8 Å². The van der Waals surface area contributed by atoms with Gasteiger partial charge >= 0.3 is 0 Å². The SMILES string of the molecule is CCNC(=NCCC(=O)Nc1ccc(C)cc1Cl)NC(C)COC. The third-order valence-corrected chi connectivity index (χ3v) is 3.46. The van der Waals surface area contributed by atoms with Crippen molar-refractivity contribution in [3.63, 3.8) is 0 Å². The average Bonchev–Trinajstić information content (AvgIpc) is 2.50. The lowest BCUT2D eigenvalue weighted by molar-refractivity contribution is -0.116. The summed E-state index contributed by atoms with van der Waals surface area (Å²) in [7, 11) is 1.66. The minimum absolute atomic E-state index is 0.120. The van der Waals surface area contributed by atoms with Crippen molar-refractivity contribution in [1.82, 2.24) is 10.6 Å². The minimum Gasteiger partial charge on any atom is -0.383 e. The Morgan fingerprint density at radius 1 is 1.42 bits per heavy atom. The van der Waals surface area contributed by atoms with E-state index in [2.05, 4.69) is 20.9 Å². The van der Waals surface area contributed by atoms with Crippen molar-refractivity contribution in [1.29, 1.82) is 0 Å². The molecule has 0 aliphatic rings. The van der Waals surface area contributed by atoms with Gasteiger partial charge in [-0.05, 0) is 38.5 Å². The van der Waals surface area contributed by atoms with Gasteiger partial charge in [-0.1, -0.05) is 17.7 Å². The maximum Gasteiger partial charge on any atom is 0.226 e. The molecule has 0 aliphatic carbocycles. The number of rotatable bonds is 8. The molecular weight excluding hydrogens is 328 g/mol. The molecule has 134 valence electrons. The van der Waals surface area contributed by atoms with Crippen LogP contribution in [-0.4, -0.2) is 44.7 Å². The van der Waals surface area contributed by atoms with E-state index in [-0.39, 0.29) is 18.4 Å². The summed E-state index contributed by atoms with van der Waals surface area (Å²) in [6.07, 6.45) is 0.277. The molecule has 1 rings (SSSR count). The van der Waals surface area contributed by atoms with Crippen LogP contribution in [0.1, 0.15) is 25.8 Å². The van der Waals surface area contributed by atoms with Gasteiger partial charge < -0.3 is 20.7 Å². The second-order valence-corrected chi connectivity index (χ2v) is 5.95. The Labute approximate surface area is 149 Å². The lowest BCUT2D eigenvalue weighted by atomic mass is 10.2. The predicted molar refractivity (Wildman–Crippen MR) is 99.9 cm³/mol. The van der Waals surface area contributed by atoms with E-state index in [1.165, 1.54) is 0 Å². The van der Waals surface area contributed by atoms with E-state index >= 15 is 0 Å². The zero-order valence-electron chi connectivity index (χ0n) is 14.8. The fourth-order valence-electron chi connectivity index (χ4n) is 2.05. The van der Waals surface area contributed by atoms with Crippen molar-refractivity contribution in [3.05, 3.63) is 28.8 Å². The van der Waals surface area contributed by atoms with Crippen LogP contribution < -0.4 is 16.0 Å². The molecule has 0 fully saturated rings. The Morgan fingerprint density at radius 3 is 2.79 bits per heavy atom. The highest BCUT2D eigenvalue weighted by atomic mass is 35.5. The van der Waals surface area contributed by atoms with E-state index in [1.807, 2.05) is 32.9 Å². The summed E-state index contributed by atoms with van der Waals surface area (Å²) in [4.78, 5) is 16.4. The molecule has 1 unspecified atom stereocenters. The first kappa shape index (κ1) is 20.3. The van der Waals surface area contributed by atoms with Crippen LogP contribution in [0.25, 0.3) is 0 Å². The maximum absolute atomic E-state index is 12.0.